The van der Waals surface area contributed by atoms with Crippen molar-refractivity contribution in [2.45, 2.75) is 26.5 Å². The third-order valence-electron chi connectivity index (χ3n) is 4.18. The van der Waals surface area contributed by atoms with Crippen LogP contribution in [-0.2, 0) is 16.1 Å². The summed E-state index contributed by atoms with van der Waals surface area (Å²) in [6.45, 7) is 3.28. The molecule has 0 unspecified atom stereocenters. The molecule has 1 aliphatic rings. The van der Waals surface area contributed by atoms with E-state index in [0.717, 1.165) is 4.90 Å². The van der Waals surface area contributed by atoms with Crippen molar-refractivity contribution in [1.82, 2.24) is 10.2 Å². The number of nitro groups is 1. The molecule has 3 rings (SSSR count). The van der Waals surface area contributed by atoms with Crippen molar-refractivity contribution in [2.75, 3.05) is 7.11 Å². The number of nitrogens with zero attached hydrogens (tertiary/aromatic N) is 2. The van der Waals surface area contributed by atoms with E-state index in [1.54, 1.807) is 13.8 Å². The molecule has 1 N–H and O–H groups in total. The molecular formula is C20H19N3O8. The highest BCUT2D eigenvalue weighted by atomic mass is 16.6. The van der Waals surface area contributed by atoms with Gasteiger partial charge in [0, 0.05) is 6.07 Å². The fourth-order valence-electron chi connectivity index (χ4n) is 2.83. The van der Waals surface area contributed by atoms with Gasteiger partial charge in [0.1, 0.15) is 11.5 Å². The van der Waals surface area contributed by atoms with Gasteiger partial charge in [-0.05, 0) is 43.7 Å². The minimum atomic E-state index is -0.693. The lowest BCUT2D eigenvalue weighted by Crippen LogP contribution is -2.30. The number of hydrogen-bond donors (Lipinski definition) is 1. The summed E-state index contributed by atoms with van der Waals surface area (Å²) in [6.07, 6.45) is 1.07. The minimum Gasteiger partial charge on any atom is -0.484 e. The number of urea groups is 1. The van der Waals surface area contributed by atoms with E-state index in [1.807, 2.05) is 0 Å². The van der Waals surface area contributed by atoms with Gasteiger partial charge in [-0.3, -0.25) is 19.8 Å². The third kappa shape index (κ3) is 4.71. The number of methoxy groups -OCH3 is 1. The van der Waals surface area contributed by atoms with Gasteiger partial charge in [-0.2, -0.15) is 0 Å². The molecule has 11 nitrogen and oxygen atoms in total. The lowest BCUT2D eigenvalue weighted by Gasteiger charge is -2.10. The first-order chi connectivity index (χ1) is 14.7. The number of ether oxygens (including phenoxy) is 2. The van der Waals surface area contributed by atoms with Gasteiger partial charge in [0.15, 0.2) is 5.75 Å². The molecule has 1 aliphatic heterocycles. The lowest BCUT2D eigenvalue weighted by atomic mass is 10.1. The average Bonchev–Trinajstić information content (AvgIpc) is 3.28. The van der Waals surface area contributed by atoms with Crippen molar-refractivity contribution >= 4 is 29.7 Å². The minimum absolute atomic E-state index is 0.0587. The van der Waals surface area contributed by atoms with Crippen LogP contribution in [0.4, 0.5) is 10.5 Å². The summed E-state index contributed by atoms with van der Waals surface area (Å²) in [4.78, 5) is 48.0. The largest absolute Gasteiger partial charge is 0.484 e. The number of imide groups is 1. The third-order valence-corrected chi connectivity index (χ3v) is 4.18. The molecular weight excluding hydrogens is 410 g/mol. The number of furan rings is 1. The van der Waals surface area contributed by atoms with Crippen molar-refractivity contribution in [3.05, 3.63) is 63.2 Å². The van der Waals surface area contributed by atoms with E-state index in [9.17, 15) is 24.5 Å². The summed E-state index contributed by atoms with van der Waals surface area (Å²) < 4.78 is 15.3. The van der Waals surface area contributed by atoms with E-state index in [-0.39, 0.29) is 41.3 Å². The highest BCUT2D eigenvalue weighted by molar-refractivity contribution is 6.13. The predicted molar refractivity (Wildman–Crippen MR) is 106 cm³/mol. The van der Waals surface area contributed by atoms with Crippen LogP contribution in [0.3, 0.4) is 0 Å². The van der Waals surface area contributed by atoms with Crippen LogP contribution in [0.15, 0.2) is 40.4 Å². The van der Waals surface area contributed by atoms with Gasteiger partial charge < -0.3 is 19.2 Å². The van der Waals surface area contributed by atoms with Crippen LogP contribution < -0.4 is 10.1 Å². The van der Waals surface area contributed by atoms with Gasteiger partial charge in [-0.25, -0.2) is 9.59 Å². The maximum absolute atomic E-state index is 12.6. The SMILES string of the molecule is COC(=O)c1ccc(CN2C(=O)N/C(=C\c3ccc(OC(C)C)c([N+](=O)[O-])c3)C2=O)o1. The predicted octanol–water partition coefficient (Wildman–Crippen LogP) is 2.85. The summed E-state index contributed by atoms with van der Waals surface area (Å²) in [5.41, 5.74) is 0.0125. The second-order valence-corrected chi connectivity index (χ2v) is 6.79. The van der Waals surface area contributed by atoms with Crippen LogP contribution in [0.1, 0.15) is 35.7 Å². The number of benzene rings is 1. The number of nitrogens with one attached hydrogen (secondary N) is 1. The van der Waals surface area contributed by atoms with Crippen LogP contribution >= 0.6 is 0 Å². The Hall–Kier alpha value is -4.15. The first kappa shape index (κ1) is 21.6. The molecule has 3 amide bonds. The van der Waals surface area contributed by atoms with E-state index < -0.39 is 22.8 Å². The van der Waals surface area contributed by atoms with E-state index in [1.165, 1.54) is 43.5 Å². The zero-order chi connectivity index (χ0) is 22.7. The second-order valence-electron chi connectivity index (χ2n) is 6.79. The molecule has 31 heavy (non-hydrogen) atoms. The van der Waals surface area contributed by atoms with Crippen LogP contribution in [0.5, 0.6) is 5.75 Å². The Kier molecular flexibility index (Phi) is 6.05. The number of esters is 1. The number of hydrogen-bond acceptors (Lipinski definition) is 8. The maximum atomic E-state index is 12.6. The van der Waals surface area contributed by atoms with Crippen molar-refractivity contribution in [2.24, 2.45) is 0 Å². The van der Waals surface area contributed by atoms with Crippen molar-refractivity contribution in [3.8, 4) is 5.75 Å². The Bertz CT molecular complexity index is 1090. The van der Waals surface area contributed by atoms with E-state index in [0.29, 0.717) is 5.56 Å². The number of amides is 3. The molecule has 0 saturated carbocycles. The van der Waals surface area contributed by atoms with Gasteiger partial charge in [0.25, 0.3) is 5.91 Å². The molecule has 1 aromatic carbocycles. The lowest BCUT2D eigenvalue weighted by molar-refractivity contribution is -0.386. The summed E-state index contributed by atoms with van der Waals surface area (Å²) in [7, 11) is 1.20. The van der Waals surface area contributed by atoms with Crippen molar-refractivity contribution in [1.29, 1.82) is 0 Å². The van der Waals surface area contributed by atoms with Crippen molar-refractivity contribution < 1.29 is 33.2 Å². The van der Waals surface area contributed by atoms with E-state index in [4.69, 9.17) is 9.15 Å². The molecule has 2 heterocycles. The van der Waals surface area contributed by atoms with Gasteiger partial charge in [0.2, 0.25) is 5.76 Å². The fraction of sp³-hybridized carbons (Fsp3) is 0.250. The highest BCUT2D eigenvalue weighted by Gasteiger charge is 2.34. The Labute approximate surface area is 176 Å². The Balaban J connectivity index is 1.81. The molecule has 0 atom stereocenters. The standard InChI is InChI=1S/C20H19N3O8/c1-11(2)30-16-6-4-12(9-15(16)23(27)28)8-14-18(24)22(20(26)21-14)10-13-5-7-17(31-13)19(25)29-3/h4-9,11H,10H2,1-3H3,(H,21,26)/b14-8-. The smallest absolute Gasteiger partial charge is 0.373 e. The van der Waals surface area contributed by atoms with Crippen LogP contribution in [0.2, 0.25) is 0 Å². The zero-order valence-corrected chi connectivity index (χ0v) is 16.9. The molecule has 1 fully saturated rings. The quantitative estimate of drug-likeness (QED) is 0.233. The van der Waals surface area contributed by atoms with E-state index >= 15 is 0 Å². The van der Waals surface area contributed by atoms with Crippen LogP contribution in [0, 0.1) is 10.1 Å². The fourth-order valence-corrected chi connectivity index (χ4v) is 2.83. The number of carbonyl (C=O) groups is 3. The summed E-state index contributed by atoms with van der Waals surface area (Å²) >= 11 is 0. The first-order valence-corrected chi connectivity index (χ1v) is 9.16. The maximum Gasteiger partial charge on any atom is 0.373 e. The van der Waals surface area contributed by atoms with Crippen LogP contribution in [0.25, 0.3) is 6.08 Å². The van der Waals surface area contributed by atoms with Gasteiger partial charge >= 0.3 is 17.7 Å². The molecule has 1 saturated heterocycles. The summed E-state index contributed by atoms with van der Waals surface area (Å²) in [5.74, 6) is -1.08. The number of carbonyl (C=O) groups excluding carboxylic acids is 3. The molecule has 162 valence electrons. The Morgan fingerprint density at radius 3 is 2.68 bits per heavy atom. The highest BCUT2D eigenvalue weighted by Crippen LogP contribution is 2.30. The van der Waals surface area contributed by atoms with Crippen molar-refractivity contribution in [3.63, 3.8) is 0 Å². The number of rotatable bonds is 7. The Morgan fingerprint density at radius 1 is 1.29 bits per heavy atom. The van der Waals surface area contributed by atoms with Gasteiger partial charge in [-0.1, -0.05) is 6.07 Å². The monoisotopic (exact) mass is 429 g/mol. The summed E-state index contributed by atoms with van der Waals surface area (Å²) in [5, 5.41) is 13.8. The number of nitro benzene ring substituents is 1. The molecule has 0 spiro atoms. The zero-order valence-electron chi connectivity index (χ0n) is 16.9. The molecule has 2 aromatic rings. The molecule has 1 aromatic heterocycles. The van der Waals surface area contributed by atoms with Gasteiger partial charge in [0.05, 0.1) is 24.7 Å². The molecule has 0 aliphatic carbocycles. The second kappa shape index (κ2) is 8.69. The van der Waals surface area contributed by atoms with E-state index in [2.05, 4.69) is 10.1 Å². The summed E-state index contributed by atoms with van der Waals surface area (Å²) in [6, 6.07) is 6.35. The topological polar surface area (TPSA) is 141 Å². The normalized spacial score (nSPS) is 14.8. The van der Waals surface area contributed by atoms with Gasteiger partial charge in [-0.15, -0.1) is 0 Å². The Morgan fingerprint density at radius 2 is 2.03 bits per heavy atom. The average molecular weight is 429 g/mol. The molecule has 11 heteroatoms. The molecule has 0 bridgehead atoms. The molecule has 0 radical (unpaired) electrons. The first-order valence-electron chi connectivity index (χ1n) is 9.16. The van der Waals surface area contributed by atoms with Crippen LogP contribution in [-0.4, -0.2) is 40.9 Å².